The van der Waals surface area contributed by atoms with Gasteiger partial charge in [-0.05, 0) is 17.7 Å². The Balaban J connectivity index is 1.48. The minimum Gasteiger partial charge on any atom is -0.369 e. The number of aromatic nitrogens is 4. The van der Waals surface area contributed by atoms with E-state index in [2.05, 4.69) is 27.7 Å². The Hall–Kier alpha value is -2.67. The molecule has 26 heavy (non-hydrogen) atoms. The first kappa shape index (κ1) is 16.8. The van der Waals surface area contributed by atoms with Crippen LogP contribution < -0.4 is 5.73 Å². The molecule has 0 bridgehead atoms. The monoisotopic (exact) mass is 352 g/mol. The molecule has 0 aliphatic carbocycles. The Labute approximate surface area is 152 Å². The molecular formula is C19H24N6O. The molecule has 1 aromatic carbocycles. The van der Waals surface area contributed by atoms with Crippen LogP contribution >= 0.6 is 0 Å². The van der Waals surface area contributed by atoms with Crippen molar-refractivity contribution in [2.24, 2.45) is 25.7 Å². The lowest BCUT2D eigenvalue weighted by molar-refractivity contribution is -0.121. The average Bonchev–Trinajstić information content (AvgIpc) is 3.31. The molecule has 2 N–H and O–H groups in total. The molecule has 7 nitrogen and oxygen atoms in total. The zero-order valence-electron chi connectivity index (χ0n) is 15.2. The van der Waals surface area contributed by atoms with Crippen molar-refractivity contribution < 1.29 is 4.79 Å². The van der Waals surface area contributed by atoms with Crippen LogP contribution in [0.4, 0.5) is 0 Å². The zero-order chi connectivity index (χ0) is 18.3. The standard InChI is InChI=1S/C19H24N6O/c1-23-10-13(9-21-23)14-11-25(12-15(14)19(20)26)8-7-18-22-16-5-3-4-6-17(16)24(18)2/h3-6,9-10,14-15H,7-8,11-12H2,1-2H3,(H2,20,26)/t14-,15+/m1/s1. The van der Waals surface area contributed by atoms with Crippen molar-refractivity contribution >= 4 is 16.9 Å². The number of aryl methyl sites for hydroxylation is 2. The largest absolute Gasteiger partial charge is 0.369 e. The summed E-state index contributed by atoms with van der Waals surface area (Å²) in [7, 11) is 3.94. The summed E-state index contributed by atoms with van der Waals surface area (Å²) in [5.41, 5.74) is 8.92. The fourth-order valence-corrected chi connectivity index (χ4v) is 4.00. The molecule has 0 unspecified atom stereocenters. The number of amides is 1. The van der Waals surface area contributed by atoms with Crippen molar-refractivity contribution in [3.05, 3.63) is 48.0 Å². The van der Waals surface area contributed by atoms with Crippen LogP contribution in [-0.2, 0) is 25.3 Å². The number of hydrogen-bond donors (Lipinski definition) is 1. The summed E-state index contributed by atoms with van der Waals surface area (Å²) < 4.78 is 3.92. The zero-order valence-corrected chi connectivity index (χ0v) is 15.2. The van der Waals surface area contributed by atoms with E-state index in [1.165, 1.54) is 0 Å². The average molecular weight is 352 g/mol. The molecular weight excluding hydrogens is 328 g/mol. The molecule has 0 radical (unpaired) electrons. The first-order valence-corrected chi connectivity index (χ1v) is 8.93. The Morgan fingerprint density at radius 1 is 1.27 bits per heavy atom. The first-order chi connectivity index (χ1) is 12.5. The number of nitrogens with two attached hydrogens (primary N) is 1. The molecule has 0 spiro atoms. The molecule has 1 aliphatic heterocycles. The summed E-state index contributed by atoms with van der Waals surface area (Å²) in [6.07, 6.45) is 4.67. The van der Waals surface area contributed by atoms with E-state index in [0.29, 0.717) is 6.54 Å². The minimum atomic E-state index is -0.232. The van der Waals surface area contributed by atoms with E-state index >= 15 is 0 Å². The fraction of sp³-hybridized carbons (Fsp3) is 0.421. The van der Waals surface area contributed by atoms with Gasteiger partial charge in [0.05, 0.1) is 23.1 Å². The molecule has 1 fully saturated rings. The van der Waals surface area contributed by atoms with Gasteiger partial charge in [0.25, 0.3) is 0 Å². The summed E-state index contributed by atoms with van der Waals surface area (Å²) in [6.45, 7) is 2.37. The Kier molecular flexibility index (Phi) is 4.24. The summed E-state index contributed by atoms with van der Waals surface area (Å²) in [6, 6.07) is 8.17. The van der Waals surface area contributed by atoms with E-state index in [9.17, 15) is 4.79 Å². The second-order valence-corrected chi connectivity index (χ2v) is 7.15. The molecule has 136 valence electrons. The molecule has 3 aromatic rings. The third-order valence-corrected chi connectivity index (χ3v) is 5.45. The highest BCUT2D eigenvalue weighted by Gasteiger charge is 2.37. The van der Waals surface area contributed by atoms with Gasteiger partial charge in [-0.1, -0.05) is 12.1 Å². The van der Waals surface area contributed by atoms with Crippen LogP contribution in [0.5, 0.6) is 0 Å². The van der Waals surface area contributed by atoms with Gasteiger partial charge >= 0.3 is 0 Å². The quantitative estimate of drug-likeness (QED) is 0.744. The predicted octanol–water partition coefficient (Wildman–Crippen LogP) is 1.05. The Bertz CT molecular complexity index is 943. The lowest BCUT2D eigenvalue weighted by atomic mass is 9.90. The number of primary amides is 1. The summed E-state index contributed by atoms with van der Waals surface area (Å²) in [5, 5.41) is 4.24. The lowest BCUT2D eigenvalue weighted by Crippen LogP contribution is -2.30. The highest BCUT2D eigenvalue weighted by Crippen LogP contribution is 2.32. The molecule has 1 aliphatic rings. The number of benzene rings is 1. The predicted molar refractivity (Wildman–Crippen MR) is 99.5 cm³/mol. The third kappa shape index (κ3) is 2.99. The number of fused-ring (bicyclic) bond motifs is 1. The van der Waals surface area contributed by atoms with Crippen LogP contribution in [0, 0.1) is 5.92 Å². The van der Waals surface area contributed by atoms with Crippen LogP contribution in [-0.4, -0.2) is 49.8 Å². The first-order valence-electron chi connectivity index (χ1n) is 8.93. The smallest absolute Gasteiger partial charge is 0.222 e. The number of nitrogens with zero attached hydrogens (tertiary/aromatic N) is 5. The molecule has 3 heterocycles. The van der Waals surface area contributed by atoms with E-state index in [0.717, 1.165) is 41.9 Å². The van der Waals surface area contributed by atoms with Crippen molar-refractivity contribution in [1.29, 1.82) is 0 Å². The SMILES string of the molecule is Cn1cc([C@H]2CN(CCc3nc4ccccc4n3C)C[C@@H]2C(N)=O)cn1. The van der Waals surface area contributed by atoms with E-state index in [1.54, 1.807) is 4.68 Å². The molecule has 1 amide bonds. The number of rotatable bonds is 5. The van der Waals surface area contributed by atoms with Gasteiger partial charge in [-0.3, -0.25) is 9.48 Å². The van der Waals surface area contributed by atoms with E-state index in [4.69, 9.17) is 10.7 Å². The van der Waals surface area contributed by atoms with Gasteiger partial charge in [0, 0.05) is 52.3 Å². The van der Waals surface area contributed by atoms with Gasteiger partial charge in [-0.25, -0.2) is 4.98 Å². The molecule has 7 heteroatoms. The molecule has 2 aromatic heterocycles. The second kappa shape index (κ2) is 6.57. The second-order valence-electron chi connectivity index (χ2n) is 7.15. The number of para-hydroxylation sites is 2. The van der Waals surface area contributed by atoms with Crippen LogP contribution in [0.1, 0.15) is 17.3 Å². The van der Waals surface area contributed by atoms with Gasteiger partial charge in [0.2, 0.25) is 5.91 Å². The van der Waals surface area contributed by atoms with Gasteiger partial charge < -0.3 is 15.2 Å². The van der Waals surface area contributed by atoms with E-state index in [1.807, 2.05) is 37.6 Å². The summed E-state index contributed by atoms with van der Waals surface area (Å²) in [5.74, 6) is 0.775. The van der Waals surface area contributed by atoms with Gasteiger partial charge in [0.1, 0.15) is 5.82 Å². The lowest BCUT2D eigenvalue weighted by Gasteiger charge is -2.15. The summed E-state index contributed by atoms with van der Waals surface area (Å²) in [4.78, 5) is 19.0. The minimum absolute atomic E-state index is 0.113. The van der Waals surface area contributed by atoms with Crippen LogP contribution in [0.3, 0.4) is 0 Å². The maximum Gasteiger partial charge on any atom is 0.222 e. The van der Waals surface area contributed by atoms with Gasteiger partial charge in [-0.2, -0.15) is 5.10 Å². The number of likely N-dealkylation sites (tertiary alicyclic amines) is 1. The van der Waals surface area contributed by atoms with Crippen molar-refractivity contribution in [1.82, 2.24) is 24.2 Å². The fourth-order valence-electron chi connectivity index (χ4n) is 4.00. The molecule has 0 saturated carbocycles. The maximum atomic E-state index is 11.9. The van der Waals surface area contributed by atoms with Crippen LogP contribution in [0.15, 0.2) is 36.7 Å². The molecule has 2 atom stereocenters. The number of imidazole rings is 1. The van der Waals surface area contributed by atoms with Crippen molar-refractivity contribution in [2.75, 3.05) is 19.6 Å². The van der Waals surface area contributed by atoms with Gasteiger partial charge in [-0.15, -0.1) is 0 Å². The highest BCUT2D eigenvalue weighted by atomic mass is 16.1. The third-order valence-electron chi connectivity index (χ3n) is 5.45. The van der Waals surface area contributed by atoms with E-state index < -0.39 is 0 Å². The van der Waals surface area contributed by atoms with Gasteiger partial charge in [0.15, 0.2) is 0 Å². The highest BCUT2D eigenvalue weighted by molar-refractivity contribution is 5.78. The molecule has 1 saturated heterocycles. The number of carbonyl (C=O) groups excluding carboxylic acids is 1. The van der Waals surface area contributed by atoms with Crippen molar-refractivity contribution in [3.8, 4) is 0 Å². The Morgan fingerprint density at radius 2 is 2.08 bits per heavy atom. The van der Waals surface area contributed by atoms with Crippen molar-refractivity contribution in [3.63, 3.8) is 0 Å². The number of carbonyl (C=O) groups is 1. The number of hydrogen-bond acceptors (Lipinski definition) is 4. The van der Waals surface area contributed by atoms with E-state index in [-0.39, 0.29) is 17.7 Å². The van der Waals surface area contributed by atoms with Crippen molar-refractivity contribution in [2.45, 2.75) is 12.3 Å². The normalized spacial score (nSPS) is 20.8. The molecule has 4 rings (SSSR count). The Morgan fingerprint density at radius 3 is 2.77 bits per heavy atom. The maximum absolute atomic E-state index is 11.9. The summed E-state index contributed by atoms with van der Waals surface area (Å²) >= 11 is 0. The van der Waals surface area contributed by atoms with Crippen LogP contribution in [0.2, 0.25) is 0 Å². The topological polar surface area (TPSA) is 82.0 Å². The van der Waals surface area contributed by atoms with Crippen LogP contribution in [0.25, 0.3) is 11.0 Å².